The van der Waals surface area contributed by atoms with Crippen molar-refractivity contribution in [2.24, 2.45) is 5.11 Å². The topological polar surface area (TPSA) is 48.8 Å². The van der Waals surface area contributed by atoms with E-state index in [1.807, 2.05) is 6.07 Å². The van der Waals surface area contributed by atoms with Gasteiger partial charge in [0.25, 0.3) is 0 Å². The number of hydrogen-bond donors (Lipinski definition) is 0. The zero-order chi connectivity index (χ0) is 16.4. The van der Waals surface area contributed by atoms with E-state index in [9.17, 15) is 0 Å². The molecule has 0 aliphatic heterocycles. The Morgan fingerprint density at radius 3 is 2.17 bits per heavy atom. The third kappa shape index (κ3) is 2.42. The van der Waals surface area contributed by atoms with Gasteiger partial charge in [0, 0.05) is 16.0 Å². The Morgan fingerprint density at radius 2 is 1.57 bits per heavy atom. The Morgan fingerprint density at radius 1 is 0.957 bits per heavy atom. The molecule has 1 aliphatic carbocycles. The smallest absolute Gasteiger partial charge is 0.0378 e. The van der Waals surface area contributed by atoms with Crippen LogP contribution in [0.2, 0.25) is 0 Å². The van der Waals surface area contributed by atoms with E-state index < -0.39 is 0 Å². The van der Waals surface area contributed by atoms with E-state index in [-0.39, 0.29) is 5.41 Å². The second-order valence-electron chi connectivity index (χ2n) is 6.55. The van der Waals surface area contributed by atoms with Crippen LogP contribution in [0.4, 0.5) is 5.69 Å². The molecule has 0 spiro atoms. The molecule has 3 nitrogen and oxygen atoms in total. The molecule has 0 aromatic heterocycles. The third-order valence-corrected chi connectivity index (χ3v) is 5.01. The summed E-state index contributed by atoms with van der Waals surface area (Å²) in [6.45, 7) is 6.67. The molecule has 0 N–H and O–H groups in total. The van der Waals surface area contributed by atoms with E-state index in [4.69, 9.17) is 5.53 Å². The van der Waals surface area contributed by atoms with Crippen molar-refractivity contribution in [1.29, 1.82) is 0 Å². The fourth-order valence-corrected chi connectivity index (χ4v) is 4.23. The molecule has 118 valence electrons. The number of hydrogen-bond acceptors (Lipinski definition) is 1. The Hall–Kier alpha value is -2.25. The summed E-state index contributed by atoms with van der Waals surface area (Å²) < 4.78 is 0. The highest BCUT2D eigenvalue weighted by Gasteiger charge is 2.41. The van der Waals surface area contributed by atoms with Crippen LogP contribution in [0.25, 0.3) is 21.6 Å². The first kappa shape index (κ1) is 15.6. The van der Waals surface area contributed by atoms with Crippen LogP contribution in [-0.2, 0) is 5.41 Å². The number of rotatable bonds is 5. The molecule has 2 aromatic rings. The van der Waals surface area contributed by atoms with E-state index in [0.29, 0.717) is 5.69 Å². The largest absolute Gasteiger partial charge is 0.0653 e. The zero-order valence-corrected chi connectivity index (χ0v) is 14.1. The molecule has 0 bridgehead atoms. The Balaban J connectivity index is 2.31. The highest BCUT2D eigenvalue weighted by molar-refractivity contribution is 5.82. The molecular weight excluding hydrogens is 282 g/mol. The predicted octanol–water partition coefficient (Wildman–Crippen LogP) is 6.80. The second-order valence-corrected chi connectivity index (χ2v) is 6.55. The standard InChI is InChI=1S/C20H23N3/c1-4-10-20(11-5-2)18-12-14(3)6-8-16(18)17-9-7-15(22-23-21)13-19(17)20/h6-9,12-13H,4-5,10-11H2,1-3H3. The lowest BCUT2D eigenvalue weighted by atomic mass is 9.71. The van der Waals surface area contributed by atoms with Crippen LogP contribution in [0, 0.1) is 6.92 Å². The van der Waals surface area contributed by atoms with Crippen molar-refractivity contribution in [3.63, 3.8) is 0 Å². The first-order valence-electron chi connectivity index (χ1n) is 8.47. The molecule has 0 saturated heterocycles. The Bertz CT molecular complexity index is 779. The maximum Gasteiger partial charge on any atom is 0.0378 e. The molecule has 3 rings (SSSR count). The van der Waals surface area contributed by atoms with Gasteiger partial charge in [-0.25, -0.2) is 0 Å². The van der Waals surface area contributed by atoms with Crippen LogP contribution in [0.1, 0.15) is 56.2 Å². The van der Waals surface area contributed by atoms with Gasteiger partial charge in [-0.15, -0.1) is 0 Å². The van der Waals surface area contributed by atoms with Crippen LogP contribution < -0.4 is 0 Å². The van der Waals surface area contributed by atoms with Gasteiger partial charge in [-0.05, 0) is 53.6 Å². The molecule has 0 unspecified atom stereocenters. The van der Waals surface area contributed by atoms with Crippen LogP contribution in [0.5, 0.6) is 0 Å². The predicted molar refractivity (Wildman–Crippen MR) is 96.0 cm³/mol. The summed E-state index contributed by atoms with van der Waals surface area (Å²) >= 11 is 0. The highest BCUT2D eigenvalue weighted by atomic mass is 15.1. The quantitative estimate of drug-likeness (QED) is 0.331. The van der Waals surface area contributed by atoms with E-state index in [1.54, 1.807) is 0 Å². The average Bonchev–Trinajstić information content (AvgIpc) is 2.79. The minimum absolute atomic E-state index is 0.0567. The lowest BCUT2D eigenvalue weighted by molar-refractivity contribution is 0.435. The van der Waals surface area contributed by atoms with Gasteiger partial charge in [0.2, 0.25) is 0 Å². The molecule has 0 heterocycles. The summed E-state index contributed by atoms with van der Waals surface area (Å²) in [5.41, 5.74) is 16.3. The first-order valence-corrected chi connectivity index (χ1v) is 8.47. The monoisotopic (exact) mass is 305 g/mol. The Labute approximate surface area is 138 Å². The Kier molecular flexibility index (Phi) is 4.14. The van der Waals surface area contributed by atoms with Crippen molar-refractivity contribution in [2.75, 3.05) is 0 Å². The number of azide groups is 1. The normalized spacial score (nSPS) is 14.0. The van der Waals surface area contributed by atoms with E-state index >= 15 is 0 Å². The van der Waals surface area contributed by atoms with Gasteiger partial charge in [0.05, 0.1) is 0 Å². The number of aryl methyl sites for hydroxylation is 1. The molecule has 0 atom stereocenters. The summed E-state index contributed by atoms with van der Waals surface area (Å²) in [4.78, 5) is 2.96. The second kappa shape index (κ2) is 6.10. The van der Waals surface area contributed by atoms with Crippen molar-refractivity contribution >= 4 is 5.69 Å². The van der Waals surface area contributed by atoms with E-state index in [1.165, 1.54) is 27.8 Å². The fourth-order valence-electron chi connectivity index (χ4n) is 4.23. The maximum atomic E-state index is 8.77. The van der Waals surface area contributed by atoms with Crippen molar-refractivity contribution < 1.29 is 0 Å². The minimum atomic E-state index is 0.0567. The maximum absolute atomic E-state index is 8.77. The SMILES string of the molecule is CCCC1(CCC)c2cc(C)ccc2-c2ccc(N=[N+]=[N-])cc21. The van der Waals surface area contributed by atoms with Crippen LogP contribution in [0.15, 0.2) is 41.5 Å². The van der Waals surface area contributed by atoms with Gasteiger partial charge in [-0.3, -0.25) is 0 Å². The zero-order valence-electron chi connectivity index (χ0n) is 14.1. The molecule has 1 aliphatic rings. The first-order chi connectivity index (χ1) is 11.2. The fraction of sp³-hybridized carbons (Fsp3) is 0.400. The lowest BCUT2D eigenvalue weighted by Gasteiger charge is -2.32. The number of fused-ring (bicyclic) bond motifs is 3. The number of benzene rings is 2. The van der Waals surface area contributed by atoms with Crippen LogP contribution in [0.3, 0.4) is 0 Å². The van der Waals surface area contributed by atoms with Gasteiger partial charge in [0.1, 0.15) is 0 Å². The molecule has 0 radical (unpaired) electrons. The molecule has 0 fully saturated rings. The van der Waals surface area contributed by atoms with E-state index in [2.05, 4.69) is 61.1 Å². The lowest BCUT2D eigenvalue weighted by Crippen LogP contribution is -2.25. The van der Waals surface area contributed by atoms with Crippen molar-refractivity contribution in [2.45, 2.75) is 51.9 Å². The number of nitrogens with zero attached hydrogens (tertiary/aromatic N) is 3. The summed E-state index contributed by atoms with van der Waals surface area (Å²) in [5, 5.41) is 3.83. The summed E-state index contributed by atoms with van der Waals surface area (Å²) in [7, 11) is 0. The molecule has 0 amide bonds. The molecule has 3 heteroatoms. The van der Waals surface area contributed by atoms with E-state index in [0.717, 1.165) is 25.7 Å². The van der Waals surface area contributed by atoms with Gasteiger partial charge >= 0.3 is 0 Å². The summed E-state index contributed by atoms with van der Waals surface area (Å²) in [6.07, 6.45) is 4.53. The molecule has 23 heavy (non-hydrogen) atoms. The highest BCUT2D eigenvalue weighted by Crippen LogP contribution is 2.54. The van der Waals surface area contributed by atoms with Gasteiger partial charge in [-0.2, -0.15) is 0 Å². The van der Waals surface area contributed by atoms with Crippen LogP contribution >= 0.6 is 0 Å². The minimum Gasteiger partial charge on any atom is -0.0653 e. The van der Waals surface area contributed by atoms with Gasteiger partial charge in [-0.1, -0.05) is 67.7 Å². The van der Waals surface area contributed by atoms with Crippen molar-refractivity contribution in [3.8, 4) is 11.1 Å². The molecule has 2 aromatic carbocycles. The molecule has 0 saturated carbocycles. The van der Waals surface area contributed by atoms with Gasteiger partial charge < -0.3 is 0 Å². The molecular formula is C20H23N3. The summed E-state index contributed by atoms with van der Waals surface area (Å²) in [6, 6.07) is 13.0. The van der Waals surface area contributed by atoms with Gasteiger partial charge in [0.15, 0.2) is 0 Å². The summed E-state index contributed by atoms with van der Waals surface area (Å²) in [5.74, 6) is 0. The third-order valence-electron chi connectivity index (χ3n) is 5.01. The van der Waals surface area contributed by atoms with Crippen molar-refractivity contribution in [1.82, 2.24) is 0 Å². The average molecular weight is 305 g/mol. The van der Waals surface area contributed by atoms with Crippen molar-refractivity contribution in [3.05, 3.63) is 63.5 Å². The van der Waals surface area contributed by atoms with Crippen LogP contribution in [-0.4, -0.2) is 0 Å².